The van der Waals surface area contributed by atoms with Gasteiger partial charge in [0.05, 0.1) is 0 Å². The minimum absolute atomic E-state index is 0.327. The molecule has 1 heteroatoms. The summed E-state index contributed by atoms with van der Waals surface area (Å²) >= 11 is 0. The number of carbonyl (C=O) groups is 1. The van der Waals surface area contributed by atoms with Crippen LogP contribution in [-0.2, 0) is 4.79 Å². The Kier molecular flexibility index (Phi) is 6.33. The van der Waals surface area contributed by atoms with Crippen LogP contribution in [0.4, 0.5) is 0 Å². The fourth-order valence-electron chi connectivity index (χ4n) is 9.22. The van der Waals surface area contributed by atoms with Crippen LogP contribution in [0.1, 0.15) is 112 Å². The standard InChI is InChI=1S/C29H48O/c1-7-21(19(2)3)9-8-20(4)25-12-13-26-24-11-10-22-18-23(30)14-16-28(22,5)27(24)15-17-29(25,26)6/h18-21,24-27H,7-17H2,1-6H3/t20-,21-,24-,25+,26-,27-,28-,29+/m0/s1. The summed E-state index contributed by atoms with van der Waals surface area (Å²) in [6.07, 6.45) is 16.5. The summed E-state index contributed by atoms with van der Waals surface area (Å²) in [5, 5.41) is 0. The van der Waals surface area contributed by atoms with E-state index in [9.17, 15) is 4.79 Å². The molecule has 3 fully saturated rings. The van der Waals surface area contributed by atoms with E-state index in [1.165, 1.54) is 63.4 Å². The lowest BCUT2D eigenvalue weighted by atomic mass is 9.46. The summed E-state index contributed by atoms with van der Waals surface area (Å²) < 4.78 is 0. The van der Waals surface area contributed by atoms with Crippen LogP contribution in [-0.4, -0.2) is 5.78 Å². The van der Waals surface area contributed by atoms with Crippen LogP contribution in [0, 0.1) is 52.3 Å². The van der Waals surface area contributed by atoms with Crippen molar-refractivity contribution in [3.8, 4) is 0 Å². The van der Waals surface area contributed by atoms with Gasteiger partial charge in [0.25, 0.3) is 0 Å². The first kappa shape index (κ1) is 22.6. The zero-order valence-corrected chi connectivity index (χ0v) is 20.8. The molecule has 0 saturated heterocycles. The van der Waals surface area contributed by atoms with E-state index in [1.807, 2.05) is 0 Å². The van der Waals surface area contributed by atoms with Gasteiger partial charge in [-0.1, -0.05) is 60.0 Å². The van der Waals surface area contributed by atoms with Crippen LogP contribution in [0.2, 0.25) is 0 Å². The molecule has 0 aromatic rings. The lowest BCUT2D eigenvalue weighted by Gasteiger charge is -2.58. The van der Waals surface area contributed by atoms with Crippen molar-refractivity contribution >= 4 is 5.78 Å². The number of hydrogen-bond donors (Lipinski definition) is 0. The van der Waals surface area contributed by atoms with Crippen molar-refractivity contribution < 1.29 is 4.79 Å². The van der Waals surface area contributed by atoms with Gasteiger partial charge in [-0.15, -0.1) is 0 Å². The van der Waals surface area contributed by atoms with Crippen molar-refractivity contribution in [2.45, 2.75) is 112 Å². The molecule has 0 N–H and O–H groups in total. The summed E-state index contributed by atoms with van der Waals surface area (Å²) in [6, 6.07) is 0. The normalized spacial score (nSPS) is 42.9. The Labute approximate surface area is 186 Å². The first-order chi connectivity index (χ1) is 14.2. The van der Waals surface area contributed by atoms with E-state index in [0.717, 1.165) is 54.3 Å². The Hall–Kier alpha value is -0.590. The molecule has 30 heavy (non-hydrogen) atoms. The Morgan fingerprint density at radius 2 is 1.73 bits per heavy atom. The topological polar surface area (TPSA) is 17.1 Å². The van der Waals surface area contributed by atoms with E-state index in [0.29, 0.717) is 16.6 Å². The van der Waals surface area contributed by atoms with Crippen LogP contribution in [0.25, 0.3) is 0 Å². The molecule has 8 atom stereocenters. The zero-order valence-electron chi connectivity index (χ0n) is 20.8. The molecule has 1 nitrogen and oxygen atoms in total. The van der Waals surface area contributed by atoms with Gasteiger partial charge in [0.15, 0.2) is 5.78 Å². The van der Waals surface area contributed by atoms with E-state index in [-0.39, 0.29) is 0 Å². The Balaban J connectivity index is 1.48. The molecule has 3 saturated carbocycles. The Morgan fingerprint density at radius 1 is 0.967 bits per heavy atom. The first-order valence-electron chi connectivity index (χ1n) is 13.4. The molecule has 0 amide bonds. The first-order valence-corrected chi connectivity index (χ1v) is 13.4. The molecule has 0 unspecified atom stereocenters. The number of allylic oxidation sites excluding steroid dienone is 1. The van der Waals surface area contributed by atoms with Gasteiger partial charge in [-0.3, -0.25) is 4.79 Å². The number of fused-ring (bicyclic) bond motifs is 5. The largest absolute Gasteiger partial charge is 0.295 e. The zero-order chi connectivity index (χ0) is 21.7. The number of hydrogen-bond acceptors (Lipinski definition) is 1. The van der Waals surface area contributed by atoms with Crippen molar-refractivity contribution in [3.63, 3.8) is 0 Å². The van der Waals surface area contributed by atoms with Crippen LogP contribution in [0.15, 0.2) is 11.6 Å². The van der Waals surface area contributed by atoms with Gasteiger partial charge in [0.1, 0.15) is 0 Å². The van der Waals surface area contributed by atoms with Crippen molar-refractivity contribution in [1.82, 2.24) is 0 Å². The maximum atomic E-state index is 12.1. The molecule has 0 bridgehead atoms. The average Bonchev–Trinajstić information content (AvgIpc) is 3.06. The van der Waals surface area contributed by atoms with Crippen molar-refractivity contribution in [3.05, 3.63) is 11.6 Å². The molecular weight excluding hydrogens is 364 g/mol. The lowest BCUT2D eigenvalue weighted by Crippen LogP contribution is -2.51. The van der Waals surface area contributed by atoms with Gasteiger partial charge in [0.2, 0.25) is 0 Å². The molecular formula is C29H48O. The smallest absolute Gasteiger partial charge is 0.155 e. The highest BCUT2D eigenvalue weighted by Crippen LogP contribution is 2.67. The Bertz CT molecular complexity index is 674. The van der Waals surface area contributed by atoms with Gasteiger partial charge in [-0.2, -0.15) is 0 Å². The minimum atomic E-state index is 0.327. The maximum absolute atomic E-state index is 12.1. The summed E-state index contributed by atoms with van der Waals surface area (Å²) in [5.41, 5.74) is 2.42. The third kappa shape index (κ3) is 3.65. The van der Waals surface area contributed by atoms with Gasteiger partial charge < -0.3 is 0 Å². The van der Waals surface area contributed by atoms with Crippen LogP contribution >= 0.6 is 0 Å². The van der Waals surface area contributed by atoms with Crippen molar-refractivity contribution in [1.29, 1.82) is 0 Å². The van der Waals surface area contributed by atoms with Crippen LogP contribution in [0.5, 0.6) is 0 Å². The highest BCUT2D eigenvalue weighted by molar-refractivity contribution is 5.91. The third-order valence-electron chi connectivity index (χ3n) is 11.2. The summed E-state index contributed by atoms with van der Waals surface area (Å²) in [5.74, 6) is 6.63. The highest BCUT2D eigenvalue weighted by atomic mass is 16.1. The van der Waals surface area contributed by atoms with Crippen LogP contribution in [0.3, 0.4) is 0 Å². The molecule has 4 aliphatic carbocycles. The molecule has 170 valence electrons. The van der Waals surface area contributed by atoms with Gasteiger partial charge in [-0.25, -0.2) is 0 Å². The second kappa shape index (κ2) is 8.40. The maximum Gasteiger partial charge on any atom is 0.155 e. The molecule has 0 aromatic carbocycles. The van der Waals surface area contributed by atoms with E-state index in [2.05, 4.69) is 47.6 Å². The number of ketones is 1. The molecule has 0 aliphatic heterocycles. The minimum Gasteiger partial charge on any atom is -0.295 e. The van der Waals surface area contributed by atoms with Gasteiger partial charge >= 0.3 is 0 Å². The van der Waals surface area contributed by atoms with Crippen molar-refractivity contribution in [2.75, 3.05) is 0 Å². The highest BCUT2D eigenvalue weighted by Gasteiger charge is 2.59. The summed E-state index contributed by atoms with van der Waals surface area (Å²) in [7, 11) is 0. The molecule has 0 spiro atoms. The van der Waals surface area contributed by atoms with E-state index >= 15 is 0 Å². The molecule has 0 heterocycles. The van der Waals surface area contributed by atoms with Crippen LogP contribution < -0.4 is 0 Å². The van der Waals surface area contributed by atoms with Gasteiger partial charge in [-0.05, 0) is 110 Å². The predicted molar refractivity (Wildman–Crippen MR) is 127 cm³/mol. The Morgan fingerprint density at radius 3 is 2.43 bits per heavy atom. The second-order valence-corrected chi connectivity index (χ2v) is 12.7. The number of rotatable bonds is 6. The molecule has 0 radical (unpaired) electrons. The fourth-order valence-corrected chi connectivity index (χ4v) is 9.22. The molecule has 0 aromatic heterocycles. The molecule has 4 rings (SSSR count). The monoisotopic (exact) mass is 412 g/mol. The average molecular weight is 413 g/mol. The fraction of sp³-hybridized carbons (Fsp3) is 0.897. The third-order valence-corrected chi connectivity index (χ3v) is 11.2. The predicted octanol–water partition coefficient (Wildman–Crippen LogP) is 8.23. The SMILES string of the molecule is CC[C@@H](CC[C@H](C)[C@H]1CC[C@H]2[C@@H]3CCC4=CC(=O)CC[C@]4(C)[C@H]3CC[C@]12C)C(C)C. The van der Waals surface area contributed by atoms with Gasteiger partial charge in [0, 0.05) is 6.42 Å². The lowest BCUT2D eigenvalue weighted by molar-refractivity contribution is -0.117. The number of carbonyl (C=O) groups excluding carboxylic acids is 1. The second-order valence-electron chi connectivity index (χ2n) is 12.7. The summed E-state index contributed by atoms with van der Waals surface area (Å²) in [4.78, 5) is 12.1. The summed E-state index contributed by atoms with van der Waals surface area (Å²) in [6.45, 7) is 15.0. The quantitative estimate of drug-likeness (QED) is 0.429. The van der Waals surface area contributed by atoms with E-state index in [1.54, 1.807) is 0 Å². The van der Waals surface area contributed by atoms with E-state index in [4.69, 9.17) is 0 Å². The van der Waals surface area contributed by atoms with E-state index < -0.39 is 0 Å². The molecule has 4 aliphatic rings. The van der Waals surface area contributed by atoms with Crippen molar-refractivity contribution in [2.24, 2.45) is 52.3 Å².